The van der Waals surface area contributed by atoms with Crippen molar-refractivity contribution in [1.82, 2.24) is 4.90 Å². The van der Waals surface area contributed by atoms with Gasteiger partial charge in [-0.2, -0.15) is 0 Å². The van der Waals surface area contributed by atoms with E-state index in [1.54, 1.807) is 0 Å². The van der Waals surface area contributed by atoms with Gasteiger partial charge in [-0.3, -0.25) is 4.79 Å². The standard InChI is InChI=1S/C20H27NO4/c1-19(2,3)25-18(24)21-12-20(13-21,17(22)23)16-11-7-6-10-15(16)14-8-4-5-9-14/h6-7,10-11,14H,4-5,8-9,12-13H2,1-3H3,(H,22,23). The van der Waals surface area contributed by atoms with Crippen LogP contribution in [0.2, 0.25) is 0 Å². The zero-order valence-electron chi connectivity index (χ0n) is 15.2. The number of carboxylic acid groups (broad SMARTS) is 1. The molecular weight excluding hydrogens is 318 g/mol. The van der Waals surface area contributed by atoms with Crippen molar-refractivity contribution in [2.75, 3.05) is 13.1 Å². The molecule has 0 unspecified atom stereocenters. The summed E-state index contributed by atoms with van der Waals surface area (Å²) in [5, 5.41) is 9.96. The number of likely N-dealkylation sites (tertiary alicyclic amines) is 1. The third-order valence-corrected chi connectivity index (χ3v) is 5.25. The largest absolute Gasteiger partial charge is 0.480 e. The molecule has 1 N–H and O–H groups in total. The van der Waals surface area contributed by atoms with Crippen molar-refractivity contribution in [2.45, 2.75) is 63.4 Å². The van der Waals surface area contributed by atoms with Gasteiger partial charge < -0.3 is 14.7 Å². The molecule has 3 rings (SSSR count). The van der Waals surface area contributed by atoms with Crippen LogP contribution in [0.4, 0.5) is 4.79 Å². The van der Waals surface area contributed by atoms with E-state index < -0.39 is 23.1 Å². The highest BCUT2D eigenvalue weighted by molar-refractivity contribution is 5.87. The summed E-state index contributed by atoms with van der Waals surface area (Å²) in [7, 11) is 0. The fourth-order valence-corrected chi connectivity index (χ4v) is 4.01. The number of aliphatic carboxylic acids is 1. The Bertz CT molecular complexity index is 665. The van der Waals surface area contributed by atoms with E-state index in [2.05, 4.69) is 6.07 Å². The third-order valence-electron chi connectivity index (χ3n) is 5.25. The molecule has 0 bridgehead atoms. The molecule has 1 amide bonds. The van der Waals surface area contributed by atoms with Crippen LogP contribution in [0, 0.1) is 0 Å². The molecule has 5 heteroatoms. The lowest BCUT2D eigenvalue weighted by Gasteiger charge is -2.48. The van der Waals surface area contributed by atoms with Crippen molar-refractivity contribution in [3.05, 3.63) is 35.4 Å². The van der Waals surface area contributed by atoms with E-state index in [4.69, 9.17) is 4.74 Å². The van der Waals surface area contributed by atoms with Gasteiger partial charge in [-0.25, -0.2) is 4.79 Å². The van der Waals surface area contributed by atoms with Crippen molar-refractivity contribution in [1.29, 1.82) is 0 Å². The molecule has 2 aliphatic rings. The molecule has 1 aliphatic carbocycles. The van der Waals surface area contributed by atoms with Crippen LogP contribution < -0.4 is 0 Å². The Morgan fingerprint density at radius 2 is 1.76 bits per heavy atom. The Morgan fingerprint density at radius 3 is 2.32 bits per heavy atom. The highest BCUT2D eigenvalue weighted by Crippen LogP contribution is 2.43. The lowest BCUT2D eigenvalue weighted by atomic mass is 9.70. The Labute approximate surface area is 149 Å². The van der Waals surface area contributed by atoms with Crippen LogP contribution >= 0.6 is 0 Å². The van der Waals surface area contributed by atoms with Gasteiger partial charge in [0.1, 0.15) is 11.0 Å². The Hall–Kier alpha value is -2.04. The van der Waals surface area contributed by atoms with Crippen LogP contribution in [0.5, 0.6) is 0 Å². The van der Waals surface area contributed by atoms with E-state index in [0.29, 0.717) is 5.92 Å². The number of nitrogens with zero attached hydrogens (tertiary/aromatic N) is 1. The number of hydrogen-bond donors (Lipinski definition) is 1. The zero-order valence-corrected chi connectivity index (χ0v) is 15.2. The van der Waals surface area contributed by atoms with E-state index >= 15 is 0 Å². The lowest BCUT2D eigenvalue weighted by Crippen LogP contribution is -2.65. The van der Waals surface area contributed by atoms with Gasteiger partial charge >= 0.3 is 12.1 Å². The minimum atomic E-state index is -1.02. The number of carboxylic acids is 1. The van der Waals surface area contributed by atoms with Crippen molar-refractivity contribution in [3.8, 4) is 0 Å². The minimum Gasteiger partial charge on any atom is -0.480 e. The molecule has 0 aromatic heterocycles. The van der Waals surface area contributed by atoms with Gasteiger partial charge in [-0.05, 0) is 50.7 Å². The van der Waals surface area contributed by atoms with Crippen molar-refractivity contribution < 1.29 is 19.4 Å². The number of rotatable bonds is 3. The smallest absolute Gasteiger partial charge is 0.410 e. The molecular formula is C20H27NO4. The predicted octanol–water partition coefficient (Wildman–Crippen LogP) is 3.92. The minimum absolute atomic E-state index is 0.168. The van der Waals surface area contributed by atoms with Crippen LogP contribution in [-0.4, -0.2) is 40.8 Å². The molecule has 1 aromatic carbocycles. The summed E-state index contributed by atoms with van der Waals surface area (Å²) < 4.78 is 5.37. The lowest BCUT2D eigenvalue weighted by molar-refractivity contribution is -0.150. The Kier molecular flexibility index (Phi) is 4.52. The molecule has 25 heavy (non-hydrogen) atoms. The van der Waals surface area contributed by atoms with E-state index in [-0.39, 0.29) is 13.1 Å². The van der Waals surface area contributed by atoms with Gasteiger partial charge in [0.25, 0.3) is 0 Å². The van der Waals surface area contributed by atoms with Gasteiger partial charge in [0.15, 0.2) is 0 Å². The highest BCUT2D eigenvalue weighted by atomic mass is 16.6. The Morgan fingerprint density at radius 1 is 1.16 bits per heavy atom. The van der Waals surface area contributed by atoms with Gasteiger partial charge in [-0.1, -0.05) is 37.1 Å². The van der Waals surface area contributed by atoms with E-state index in [9.17, 15) is 14.7 Å². The molecule has 1 saturated heterocycles. The maximum Gasteiger partial charge on any atom is 0.410 e. The highest BCUT2D eigenvalue weighted by Gasteiger charge is 2.54. The summed E-state index contributed by atoms with van der Waals surface area (Å²) in [6, 6.07) is 7.87. The zero-order chi connectivity index (χ0) is 18.2. The molecule has 1 heterocycles. The van der Waals surface area contributed by atoms with Crippen LogP contribution in [-0.2, 0) is 14.9 Å². The van der Waals surface area contributed by atoms with Crippen molar-refractivity contribution in [3.63, 3.8) is 0 Å². The summed E-state index contributed by atoms with van der Waals surface area (Å²) in [5.41, 5.74) is 0.414. The number of hydrogen-bond acceptors (Lipinski definition) is 3. The average Bonchev–Trinajstić information content (AvgIpc) is 2.98. The molecule has 0 atom stereocenters. The topological polar surface area (TPSA) is 66.8 Å². The third kappa shape index (κ3) is 3.37. The summed E-state index contributed by atoms with van der Waals surface area (Å²) in [4.78, 5) is 25.9. The molecule has 0 radical (unpaired) electrons. The van der Waals surface area contributed by atoms with Gasteiger partial charge in [0.2, 0.25) is 0 Å². The molecule has 136 valence electrons. The van der Waals surface area contributed by atoms with Crippen molar-refractivity contribution in [2.24, 2.45) is 0 Å². The molecule has 2 fully saturated rings. The number of carbonyl (C=O) groups excluding carboxylic acids is 1. The van der Waals surface area contributed by atoms with Gasteiger partial charge in [0, 0.05) is 13.1 Å². The number of ether oxygens (including phenoxy) is 1. The molecule has 1 aromatic rings. The fraction of sp³-hybridized carbons (Fsp3) is 0.600. The molecule has 1 aliphatic heterocycles. The molecule has 1 saturated carbocycles. The van der Waals surface area contributed by atoms with E-state index in [0.717, 1.165) is 24.0 Å². The van der Waals surface area contributed by atoms with Crippen LogP contribution in [0.3, 0.4) is 0 Å². The monoisotopic (exact) mass is 345 g/mol. The second-order valence-electron chi connectivity index (χ2n) is 8.29. The summed E-state index contributed by atoms with van der Waals surface area (Å²) in [6.07, 6.45) is 4.18. The Balaban J connectivity index is 1.85. The first-order valence-electron chi connectivity index (χ1n) is 9.04. The molecule has 0 spiro atoms. The van der Waals surface area contributed by atoms with E-state index in [1.807, 2.05) is 39.0 Å². The maximum atomic E-state index is 12.2. The van der Waals surface area contributed by atoms with Crippen molar-refractivity contribution >= 4 is 12.1 Å². The predicted molar refractivity (Wildman–Crippen MR) is 94.8 cm³/mol. The first-order valence-corrected chi connectivity index (χ1v) is 9.04. The normalized spacial score (nSPS) is 20.2. The summed E-state index contributed by atoms with van der Waals surface area (Å²) in [6.45, 7) is 5.77. The number of amides is 1. The number of benzene rings is 1. The number of carbonyl (C=O) groups is 2. The summed E-state index contributed by atoms with van der Waals surface area (Å²) >= 11 is 0. The second kappa shape index (κ2) is 6.36. The first-order chi connectivity index (χ1) is 11.7. The van der Waals surface area contributed by atoms with Gasteiger partial charge in [-0.15, -0.1) is 0 Å². The SMILES string of the molecule is CC(C)(C)OC(=O)N1CC(C(=O)O)(c2ccccc2C2CCCC2)C1. The van der Waals surface area contributed by atoms with Crippen LogP contribution in [0.15, 0.2) is 24.3 Å². The van der Waals surface area contributed by atoms with E-state index in [1.165, 1.54) is 17.7 Å². The quantitative estimate of drug-likeness (QED) is 0.902. The maximum absolute atomic E-state index is 12.2. The second-order valence-corrected chi connectivity index (χ2v) is 8.29. The van der Waals surface area contributed by atoms with Crippen LogP contribution in [0.25, 0.3) is 0 Å². The first kappa shape index (κ1) is 17.8. The fourth-order valence-electron chi connectivity index (χ4n) is 4.01. The van der Waals surface area contributed by atoms with Crippen LogP contribution in [0.1, 0.15) is 63.5 Å². The summed E-state index contributed by atoms with van der Waals surface area (Å²) in [5.74, 6) is -0.430. The average molecular weight is 345 g/mol. The molecule has 5 nitrogen and oxygen atoms in total. The van der Waals surface area contributed by atoms with Gasteiger partial charge in [0.05, 0.1) is 0 Å².